The van der Waals surface area contributed by atoms with E-state index in [2.05, 4.69) is 0 Å². The van der Waals surface area contributed by atoms with E-state index in [0.717, 1.165) is 22.2 Å². The summed E-state index contributed by atoms with van der Waals surface area (Å²) in [5.74, 6) is -1.06. The lowest BCUT2D eigenvalue weighted by atomic mass is 10.2. The summed E-state index contributed by atoms with van der Waals surface area (Å²) in [4.78, 5) is 36.1. The van der Waals surface area contributed by atoms with Crippen LogP contribution in [0.1, 0.15) is 11.1 Å². The monoisotopic (exact) mass is 386 g/mol. The molecular weight excluding hydrogens is 371 g/mol. The summed E-state index contributed by atoms with van der Waals surface area (Å²) in [6.45, 7) is -0.179. The van der Waals surface area contributed by atoms with Gasteiger partial charge in [0.25, 0.3) is 11.1 Å². The summed E-state index contributed by atoms with van der Waals surface area (Å²) in [5, 5.41) is -0.534. The maximum Gasteiger partial charge on any atom is 0.294 e. The highest BCUT2D eigenvalue weighted by molar-refractivity contribution is 8.18. The fourth-order valence-electron chi connectivity index (χ4n) is 2.38. The molecule has 6 nitrogen and oxygen atoms in total. The highest BCUT2D eigenvalue weighted by atomic mass is 32.2. The fourth-order valence-corrected chi connectivity index (χ4v) is 3.22. The molecule has 0 spiro atoms. The molecule has 1 fully saturated rings. The molecule has 3 rings (SSSR count). The average Bonchev–Trinajstić information content (AvgIpc) is 2.89. The van der Waals surface area contributed by atoms with E-state index in [9.17, 15) is 18.8 Å². The van der Waals surface area contributed by atoms with E-state index >= 15 is 0 Å². The van der Waals surface area contributed by atoms with Gasteiger partial charge in [0, 0.05) is 0 Å². The second-order valence-corrected chi connectivity index (χ2v) is 6.71. The Morgan fingerprint density at radius 1 is 1.19 bits per heavy atom. The third-order valence-corrected chi connectivity index (χ3v) is 4.57. The second kappa shape index (κ2) is 8.05. The number of ether oxygens (including phenoxy) is 1. The topological polar surface area (TPSA) is 89.7 Å². The van der Waals surface area contributed by atoms with Crippen LogP contribution in [0, 0.1) is 5.82 Å². The molecular formula is C19H15FN2O4S. The number of hydrogen-bond donors (Lipinski definition) is 1. The molecule has 2 aromatic rings. The second-order valence-electron chi connectivity index (χ2n) is 5.72. The van der Waals surface area contributed by atoms with Crippen molar-refractivity contribution in [3.63, 3.8) is 0 Å². The van der Waals surface area contributed by atoms with Crippen molar-refractivity contribution in [1.82, 2.24) is 4.90 Å². The molecule has 0 saturated carbocycles. The summed E-state index contributed by atoms with van der Waals surface area (Å²) in [5.41, 5.74) is 6.53. The molecule has 1 saturated heterocycles. The number of imide groups is 1. The first kappa shape index (κ1) is 18.7. The van der Waals surface area contributed by atoms with Gasteiger partial charge in [-0.05, 0) is 53.2 Å². The zero-order chi connectivity index (χ0) is 19.4. The minimum atomic E-state index is -0.755. The Hall–Kier alpha value is -3.13. The zero-order valence-electron chi connectivity index (χ0n) is 14.1. The number of nitrogens with zero attached hydrogens (tertiary/aromatic N) is 1. The van der Waals surface area contributed by atoms with Gasteiger partial charge in [-0.25, -0.2) is 4.39 Å². The van der Waals surface area contributed by atoms with Crippen molar-refractivity contribution in [2.75, 3.05) is 6.54 Å². The lowest BCUT2D eigenvalue weighted by molar-refractivity contribution is -0.127. The van der Waals surface area contributed by atoms with Crippen LogP contribution in [-0.2, 0) is 16.2 Å². The standard InChI is InChI=1S/C19H15FN2O4S/c20-14-6-4-12(5-7-14)11-26-15-3-1-2-13(8-15)9-16-18(24)22(10-17(21)23)19(25)27-16/h1-9H,10-11H2,(H2,21,23)/b16-9-. The maximum absolute atomic E-state index is 12.9. The minimum Gasteiger partial charge on any atom is -0.489 e. The molecule has 0 unspecified atom stereocenters. The van der Waals surface area contributed by atoms with Crippen molar-refractivity contribution in [3.05, 3.63) is 70.4 Å². The van der Waals surface area contributed by atoms with Crippen LogP contribution in [0.2, 0.25) is 0 Å². The van der Waals surface area contributed by atoms with Crippen LogP contribution in [0.5, 0.6) is 5.75 Å². The largest absolute Gasteiger partial charge is 0.489 e. The molecule has 27 heavy (non-hydrogen) atoms. The molecule has 3 amide bonds. The van der Waals surface area contributed by atoms with Gasteiger partial charge >= 0.3 is 0 Å². The number of halogens is 1. The number of carbonyl (C=O) groups excluding carboxylic acids is 3. The van der Waals surface area contributed by atoms with Crippen LogP contribution < -0.4 is 10.5 Å². The Balaban J connectivity index is 1.71. The summed E-state index contributed by atoms with van der Waals surface area (Å²) >= 11 is 0.750. The number of rotatable bonds is 6. The normalized spacial score (nSPS) is 15.4. The smallest absolute Gasteiger partial charge is 0.294 e. The zero-order valence-corrected chi connectivity index (χ0v) is 14.9. The van der Waals surface area contributed by atoms with Crippen molar-refractivity contribution < 1.29 is 23.5 Å². The molecule has 8 heteroatoms. The van der Waals surface area contributed by atoms with E-state index in [1.165, 1.54) is 12.1 Å². The van der Waals surface area contributed by atoms with E-state index in [-0.39, 0.29) is 17.3 Å². The molecule has 2 N–H and O–H groups in total. The minimum absolute atomic E-state index is 0.205. The van der Waals surface area contributed by atoms with Gasteiger partial charge in [-0.15, -0.1) is 0 Å². The Kier molecular flexibility index (Phi) is 5.56. The van der Waals surface area contributed by atoms with Gasteiger partial charge in [0.2, 0.25) is 5.91 Å². The van der Waals surface area contributed by atoms with Gasteiger partial charge in [-0.3, -0.25) is 19.3 Å². The first-order valence-corrected chi connectivity index (χ1v) is 8.75. The molecule has 1 aliphatic heterocycles. The molecule has 1 heterocycles. The Morgan fingerprint density at radius 2 is 1.93 bits per heavy atom. The van der Waals surface area contributed by atoms with E-state index in [0.29, 0.717) is 11.3 Å². The van der Waals surface area contributed by atoms with Crippen LogP contribution in [-0.4, -0.2) is 28.5 Å². The van der Waals surface area contributed by atoms with Crippen LogP contribution >= 0.6 is 11.8 Å². The van der Waals surface area contributed by atoms with E-state index < -0.39 is 23.6 Å². The summed E-state index contributed by atoms with van der Waals surface area (Å²) in [6.07, 6.45) is 1.55. The van der Waals surface area contributed by atoms with Gasteiger partial charge < -0.3 is 10.5 Å². The first-order chi connectivity index (χ1) is 12.9. The number of carbonyl (C=O) groups is 3. The summed E-state index contributed by atoms with van der Waals surface area (Å²) in [6, 6.07) is 13.0. The van der Waals surface area contributed by atoms with E-state index in [1.807, 2.05) is 0 Å². The number of hydrogen-bond acceptors (Lipinski definition) is 5. The van der Waals surface area contributed by atoms with Crippen molar-refractivity contribution in [1.29, 1.82) is 0 Å². The molecule has 0 aliphatic carbocycles. The van der Waals surface area contributed by atoms with Crippen molar-refractivity contribution in [2.24, 2.45) is 5.73 Å². The molecule has 0 atom stereocenters. The van der Waals surface area contributed by atoms with Crippen LogP contribution in [0.15, 0.2) is 53.4 Å². The first-order valence-electron chi connectivity index (χ1n) is 7.93. The fraction of sp³-hybridized carbons (Fsp3) is 0.105. The van der Waals surface area contributed by atoms with Crippen LogP contribution in [0.3, 0.4) is 0 Å². The number of primary amides is 1. The molecule has 1 aliphatic rings. The highest BCUT2D eigenvalue weighted by Gasteiger charge is 2.35. The van der Waals surface area contributed by atoms with Crippen molar-refractivity contribution in [3.8, 4) is 5.75 Å². The summed E-state index contributed by atoms with van der Waals surface area (Å²) in [7, 11) is 0. The quantitative estimate of drug-likeness (QED) is 0.771. The predicted octanol–water partition coefficient (Wildman–Crippen LogP) is 2.93. The third kappa shape index (κ3) is 4.73. The molecule has 2 aromatic carbocycles. The SMILES string of the molecule is NC(=O)CN1C(=O)S/C(=C\c2cccc(OCc3ccc(F)cc3)c2)C1=O. The number of benzene rings is 2. The van der Waals surface area contributed by atoms with Crippen LogP contribution in [0.25, 0.3) is 6.08 Å². The average molecular weight is 386 g/mol. The molecule has 138 valence electrons. The van der Waals surface area contributed by atoms with E-state index in [1.54, 1.807) is 42.5 Å². The molecule has 0 aromatic heterocycles. The maximum atomic E-state index is 12.9. The number of amides is 3. The van der Waals surface area contributed by atoms with Gasteiger partial charge in [0.15, 0.2) is 0 Å². The van der Waals surface area contributed by atoms with Gasteiger partial charge in [-0.2, -0.15) is 0 Å². The van der Waals surface area contributed by atoms with E-state index in [4.69, 9.17) is 10.5 Å². The molecule has 0 bridgehead atoms. The van der Waals surface area contributed by atoms with Gasteiger partial charge in [0.1, 0.15) is 24.7 Å². The van der Waals surface area contributed by atoms with Gasteiger partial charge in [0.05, 0.1) is 4.91 Å². The Labute approximate surface area is 158 Å². The van der Waals surface area contributed by atoms with Gasteiger partial charge in [-0.1, -0.05) is 24.3 Å². The Morgan fingerprint density at radius 3 is 2.63 bits per heavy atom. The highest BCUT2D eigenvalue weighted by Crippen LogP contribution is 2.32. The summed E-state index contributed by atoms with van der Waals surface area (Å²) < 4.78 is 18.6. The predicted molar refractivity (Wildman–Crippen MR) is 99.0 cm³/mol. The number of thioether (sulfide) groups is 1. The van der Waals surface area contributed by atoms with Crippen LogP contribution in [0.4, 0.5) is 9.18 Å². The lowest BCUT2D eigenvalue weighted by Gasteiger charge is -2.08. The number of nitrogens with two attached hydrogens (primary N) is 1. The lowest BCUT2D eigenvalue weighted by Crippen LogP contribution is -2.36. The van der Waals surface area contributed by atoms with Crippen molar-refractivity contribution >= 4 is 34.9 Å². The Bertz CT molecular complexity index is 928. The molecule has 0 radical (unpaired) electrons. The third-order valence-electron chi connectivity index (χ3n) is 3.66. The van der Waals surface area contributed by atoms with Crippen molar-refractivity contribution in [2.45, 2.75) is 6.61 Å².